The van der Waals surface area contributed by atoms with E-state index in [1.54, 1.807) is 24.3 Å². The number of aromatic nitrogens is 1. The summed E-state index contributed by atoms with van der Waals surface area (Å²) in [7, 11) is -1.14. The van der Waals surface area contributed by atoms with Gasteiger partial charge in [-0.05, 0) is 30.7 Å². The first-order valence-electron chi connectivity index (χ1n) is 6.76. The summed E-state index contributed by atoms with van der Waals surface area (Å²) in [5.74, 6) is -0.0641. The van der Waals surface area contributed by atoms with Gasteiger partial charge in [-0.15, -0.1) is 0 Å². The van der Waals surface area contributed by atoms with Gasteiger partial charge in [-0.25, -0.2) is 8.93 Å². The van der Waals surface area contributed by atoms with E-state index in [-0.39, 0.29) is 18.2 Å². The molecule has 2 aromatic rings. The van der Waals surface area contributed by atoms with Gasteiger partial charge in [0.25, 0.3) is 5.91 Å². The van der Waals surface area contributed by atoms with Crippen LogP contribution in [0.25, 0.3) is 10.9 Å². The quantitative estimate of drug-likeness (QED) is 0.780. The normalized spacial score (nSPS) is 21.1. The molecule has 0 bridgehead atoms. The van der Waals surface area contributed by atoms with Crippen LogP contribution in [0.1, 0.15) is 16.9 Å². The standard InChI is InChI=1S/C14H14ClN3O3S/c15-9-1-2-10-8(5-9)6-12(17-10)14(20)16-7-13(19)11-3-4-22(21)18-11/h1-2,5-6,11,17-18H,3-4,7H2,(H,16,20). The lowest BCUT2D eigenvalue weighted by Gasteiger charge is -2.08. The number of aromatic amines is 1. The highest BCUT2D eigenvalue weighted by Gasteiger charge is 2.26. The van der Waals surface area contributed by atoms with E-state index in [2.05, 4.69) is 15.0 Å². The van der Waals surface area contributed by atoms with Gasteiger partial charge in [0, 0.05) is 21.7 Å². The van der Waals surface area contributed by atoms with Crippen molar-refractivity contribution in [3.05, 3.63) is 35.0 Å². The fourth-order valence-corrected chi connectivity index (χ4v) is 3.65. The third kappa shape index (κ3) is 3.21. The topological polar surface area (TPSA) is 91.1 Å². The molecule has 2 atom stereocenters. The summed E-state index contributed by atoms with van der Waals surface area (Å²) < 4.78 is 13.9. The molecule has 1 aliphatic rings. The van der Waals surface area contributed by atoms with Crippen LogP contribution in [0, 0.1) is 0 Å². The van der Waals surface area contributed by atoms with Crippen LogP contribution in [0.4, 0.5) is 0 Å². The van der Waals surface area contributed by atoms with Gasteiger partial charge in [0.15, 0.2) is 5.78 Å². The Kier molecular flexibility index (Phi) is 4.28. The highest BCUT2D eigenvalue weighted by atomic mass is 35.5. The van der Waals surface area contributed by atoms with Crippen molar-refractivity contribution >= 4 is 45.2 Å². The minimum atomic E-state index is -1.14. The SMILES string of the molecule is O=C(NCC(=O)C1CCS(=O)N1)c1cc2cc(Cl)ccc2[nH]1. The lowest BCUT2D eigenvalue weighted by molar-refractivity contribution is -0.119. The third-order valence-electron chi connectivity index (χ3n) is 3.50. The van der Waals surface area contributed by atoms with Crippen LogP contribution in [-0.2, 0) is 15.8 Å². The van der Waals surface area contributed by atoms with Crippen LogP contribution in [0.5, 0.6) is 0 Å². The molecule has 116 valence electrons. The molecule has 2 heterocycles. The molecular weight excluding hydrogens is 326 g/mol. The van der Waals surface area contributed by atoms with Crippen molar-refractivity contribution < 1.29 is 13.8 Å². The molecule has 0 saturated carbocycles. The number of nitrogens with one attached hydrogen (secondary N) is 3. The third-order valence-corrected chi connectivity index (χ3v) is 4.89. The maximum absolute atomic E-state index is 12.1. The van der Waals surface area contributed by atoms with Crippen molar-refractivity contribution in [2.45, 2.75) is 12.5 Å². The van der Waals surface area contributed by atoms with Crippen molar-refractivity contribution in [3.8, 4) is 0 Å². The molecular formula is C14H14ClN3O3S. The zero-order valence-electron chi connectivity index (χ0n) is 11.5. The Bertz CT molecular complexity index is 774. The van der Waals surface area contributed by atoms with Gasteiger partial charge in [-0.3, -0.25) is 9.59 Å². The first-order chi connectivity index (χ1) is 10.5. The molecule has 1 aromatic carbocycles. The highest BCUT2D eigenvalue weighted by Crippen LogP contribution is 2.20. The predicted octanol–water partition coefficient (Wildman–Crippen LogP) is 1.15. The van der Waals surface area contributed by atoms with E-state index in [4.69, 9.17) is 11.6 Å². The van der Waals surface area contributed by atoms with Gasteiger partial charge in [0.05, 0.1) is 23.6 Å². The Balaban J connectivity index is 1.63. The molecule has 0 aliphatic carbocycles. The van der Waals surface area contributed by atoms with Crippen molar-refractivity contribution in [2.24, 2.45) is 0 Å². The number of benzene rings is 1. The molecule has 0 spiro atoms. The maximum Gasteiger partial charge on any atom is 0.268 e. The van der Waals surface area contributed by atoms with Crippen LogP contribution in [-0.4, -0.2) is 39.2 Å². The summed E-state index contributed by atoms with van der Waals surface area (Å²) in [4.78, 5) is 27.0. The van der Waals surface area contributed by atoms with Crippen molar-refractivity contribution in [2.75, 3.05) is 12.3 Å². The number of H-pyrrole nitrogens is 1. The van der Waals surface area contributed by atoms with E-state index in [1.165, 1.54) is 0 Å². The highest BCUT2D eigenvalue weighted by molar-refractivity contribution is 7.83. The summed E-state index contributed by atoms with van der Waals surface area (Å²) in [5, 5.41) is 4.00. The second kappa shape index (κ2) is 6.20. The number of Topliss-reactive ketones (excluding diaryl/α,β-unsaturated/α-hetero) is 1. The van der Waals surface area contributed by atoms with Crippen molar-refractivity contribution in [1.29, 1.82) is 0 Å². The number of rotatable bonds is 4. The average Bonchev–Trinajstić information content (AvgIpc) is 3.10. The summed E-state index contributed by atoms with van der Waals surface area (Å²) >= 11 is 5.90. The van der Waals surface area contributed by atoms with Crippen molar-refractivity contribution in [3.63, 3.8) is 0 Å². The zero-order chi connectivity index (χ0) is 15.7. The summed E-state index contributed by atoms with van der Waals surface area (Å²) in [6.07, 6.45) is 0.534. The molecule has 1 saturated heterocycles. The van der Waals surface area contributed by atoms with Gasteiger partial charge in [-0.2, -0.15) is 0 Å². The number of carbonyl (C=O) groups excluding carboxylic acids is 2. The summed E-state index contributed by atoms with van der Waals surface area (Å²) in [6.45, 7) is -0.0934. The monoisotopic (exact) mass is 339 g/mol. The number of carbonyl (C=O) groups is 2. The number of fused-ring (bicyclic) bond motifs is 1. The molecule has 8 heteroatoms. The van der Waals surface area contributed by atoms with Crippen LogP contribution in [0.15, 0.2) is 24.3 Å². The van der Waals surface area contributed by atoms with E-state index in [9.17, 15) is 13.8 Å². The second-order valence-corrected chi connectivity index (χ2v) is 6.84. The van der Waals surface area contributed by atoms with E-state index in [0.29, 0.717) is 22.9 Å². The fraction of sp³-hybridized carbons (Fsp3) is 0.286. The Morgan fingerprint density at radius 3 is 2.91 bits per heavy atom. The second-order valence-electron chi connectivity index (χ2n) is 5.07. The Morgan fingerprint density at radius 1 is 1.36 bits per heavy atom. The predicted molar refractivity (Wildman–Crippen MR) is 85.2 cm³/mol. The van der Waals surface area contributed by atoms with E-state index in [0.717, 1.165) is 10.9 Å². The zero-order valence-corrected chi connectivity index (χ0v) is 13.1. The van der Waals surface area contributed by atoms with Crippen LogP contribution < -0.4 is 10.0 Å². The molecule has 22 heavy (non-hydrogen) atoms. The number of halogens is 1. The molecule has 1 amide bonds. The first kappa shape index (κ1) is 15.2. The lowest BCUT2D eigenvalue weighted by atomic mass is 10.1. The number of ketones is 1. The van der Waals surface area contributed by atoms with Gasteiger partial charge in [0.2, 0.25) is 0 Å². The first-order valence-corrected chi connectivity index (χ1v) is 8.46. The Morgan fingerprint density at radius 2 is 2.18 bits per heavy atom. The van der Waals surface area contributed by atoms with Gasteiger partial charge in [-0.1, -0.05) is 11.6 Å². The minimum absolute atomic E-state index is 0.0934. The molecule has 3 N–H and O–H groups in total. The Hall–Kier alpha value is -1.70. The van der Waals surface area contributed by atoms with Crippen molar-refractivity contribution in [1.82, 2.24) is 15.0 Å². The molecule has 0 radical (unpaired) electrons. The van der Waals surface area contributed by atoms with E-state index < -0.39 is 17.0 Å². The van der Waals surface area contributed by atoms with E-state index in [1.807, 2.05) is 0 Å². The summed E-state index contributed by atoms with van der Waals surface area (Å²) in [5.41, 5.74) is 1.17. The molecule has 2 unspecified atom stereocenters. The van der Waals surface area contributed by atoms with Crippen LogP contribution >= 0.6 is 11.6 Å². The number of hydrogen-bond donors (Lipinski definition) is 3. The van der Waals surface area contributed by atoms with Crippen LogP contribution in [0.2, 0.25) is 5.02 Å². The van der Waals surface area contributed by atoms with Gasteiger partial charge >= 0.3 is 0 Å². The molecule has 1 fully saturated rings. The maximum atomic E-state index is 12.1. The van der Waals surface area contributed by atoms with Gasteiger partial charge in [0.1, 0.15) is 5.69 Å². The largest absolute Gasteiger partial charge is 0.351 e. The minimum Gasteiger partial charge on any atom is -0.351 e. The molecule has 1 aromatic heterocycles. The smallest absolute Gasteiger partial charge is 0.268 e. The fourth-order valence-electron chi connectivity index (χ4n) is 2.34. The number of hydrogen-bond acceptors (Lipinski definition) is 3. The van der Waals surface area contributed by atoms with E-state index >= 15 is 0 Å². The van der Waals surface area contributed by atoms with Gasteiger partial charge < -0.3 is 10.3 Å². The number of amides is 1. The molecule has 3 rings (SSSR count). The van der Waals surface area contributed by atoms with Crippen LogP contribution in [0.3, 0.4) is 0 Å². The average molecular weight is 340 g/mol. The Labute approximate surface area is 134 Å². The molecule has 6 nitrogen and oxygen atoms in total. The molecule has 1 aliphatic heterocycles. The summed E-state index contributed by atoms with van der Waals surface area (Å²) in [6, 6.07) is 6.52. The lowest BCUT2D eigenvalue weighted by Crippen LogP contribution is -2.39.